The van der Waals surface area contributed by atoms with Crippen LogP contribution in [0.2, 0.25) is 0 Å². The number of halogens is 1. The molecule has 0 bridgehead atoms. The monoisotopic (exact) mass is 288 g/mol. The molecular weight excluding hydrogens is 275 g/mol. The fourth-order valence-corrected chi connectivity index (χ4v) is 1.92. The van der Waals surface area contributed by atoms with Gasteiger partial charge in [0.25, 0.3) is 0 Å². The molecule has 3 N–H and O–H groups in total. The van der Waals surface area contributed by atoms with E-state index >= 15 is 0 Å². The molecule has 0 saturated heterocycles. The summed E-state index contributed by atoms with van der Waals surface area (Å²) in [6.45, 7) is 0. The number of fused-ring (bicyclic) bond motifs is 1. The Kier molecular flexibility index (Phi) is 3.27. The smallest absolute Gasteiger partial charge is 0.226 e. The minimum Gasteiger partial charge on any atom is -0.494 e. The number of rotatable bonds is 4. The molecule has 0 amide bonds. The van der Waals surface area contributed by atoms with Gasteiger partial charge in [0.1, 0.15) is 5.82 Å². The first-order valence-corrected chi connectivity index (χ1v) is 6.20. The molecule has 2 aromatic heterocycles. The van der Waals surface area contributed by atoms with Crippen LogP contribution >= 0.6 is 0 Å². The van der Waals surface area contributed by atoms with Crippen LogP contribution in [0.15, 0.2) is 24.4 Å². The molecule has 0 unspecified atom stereocenters. The van der Waals surface area contributed by atoms with E-state index in [-0.39, 0.29) is 5.75 Å². The fourth-order valence-electron chi connectivity index (χ4n) is 1.92. The number of nitrogens with zero attached hydrogens (tertiary/aromatic N) is 3. The number of hydrogen-bond acceptors (Lipinski definition) is 6. The summed E-state index contributed by atoms with van der Waals surface area (Å²) < 4.78 is 18.6. The van der Waals surface area contributed by atoms with Crippen molar-refractivity contribution in [3.8, 4) is 5.75 Å². The Morgan fingerprint density at radius 1 is 1.29 bits per heavy atom. The summed E-state index contributed by atoms with van der Waals surface area (Å²) in [6, 6.07) is 4.59. The molecule has 3 rings (SSSR count). The quantitative estimate of drug-likeness (QED) is 0.682. The maximum atomic E-state index is 13.7. The molecule has 0 radical (unpaired) electrons. The van der Waals surface area contributed by atoms with Crippen molar-refractivity contribution in [3.63, 3.8) is 0 Å². The number of benzene rings is 1. The molecule has 0 saturated carbocycles. The van der Waals surface area contributed by atoms with Crippen molar-refractivity contribution in [1.82, 2.24) is 20.2 Å². The van der Waals surface area contributed by atoms with E-state index in [2.05, 4.69) is 30.8 Å². The van der Waals surface area contributed by atoms with E-state index in [1.165, 1.54) is 13.2 Å². The molecular formula is C13H13FN6O. The van der Waals surface area contributed by atoms with E-state index in [0.717, 1.165) is 0 Å². The number of anilines is 3. The molecule has 0 aliphatic rings. The van der Waals surface area contributed by atoms with Gasteiger partial charge in [0.15, 0.2) is 17.2 Å². The van der Waals surface area contributed by atoms with Gasteiger partial charge in [-0.2, -0.15) is 15.1 Å². The van der Waals surface area contributed by atoms with Gasteiger partial charge >= 0.3 is 0 Å². The van der Waals surface area contributed by atoms with Crippen LogP contribution in [-0.4, -0.2) is 34.3 Å². The highest BCUT2D eigenvalue weighted by atomic mass is 19.1. The minimum atomic E-state index is -0.450. The average molecular weight is 288 g/mol. The lowest BCUT2D eigenvalue weighted by Crippen LogP contribution is -2.01. The molecule has 7 nitrogen and oxygen atoms in total. The lowest BCUT2D eigenvalue weighted by atomic mass is 10.2. The zero-order valence-corrected chi connectivity index (χ0v) is 11.4. The SMILES string of the molecule is CNc1nc(Nc2ccc(OC)c(F)c2)c2cn[nH]c2n1. The number of H-pyrrole nitrogens is 1. The maximum absolute atomic E-state index is 13.7. The molecule has 0 spiro atoms. The fraction of sp³-hybridized carbons (Fsp3) is 0.154. The van der Waals surface area contributed by atoms with Crippen LogP contribution < -0.4 is 15.4 Å². The van der Waals surface area contributed by atoms with Crippen LogP contribution in [0.5, 0.6) is 5.75 Å². The van der Waals surface area contributed by atoms with Gasteiger partial charge in [0, 0.05) is 18.8 Å². The molecule has 0 aliphatic heterocycles. The summed E-state index contributed by atoms with van der Waals surface area (Å²) in [5.41, 5.74) is 1.14. The highest BCUT2D eigenvalue weighted by Crippen LogP contribution is 2.26. The lowest BCUT2D eigenvalue weighted by molar-refractivity contribution is 0.386. The number of hydrogen-bond donors (Lipinski definition) is 3. The number of nitrogens with one attached hydrogen (secondary N) is 3. The summed E-state index contributed by atoms with van der Waals surface area (Å²) in [6.07, 6.45) is 1.61. The van der Waals surface area contributed by atoms with Gasteiger partial charge in [-0.1, -0.05) is 0 Å². The Balaban J connectivity index is 2.01. The number of ether oxygens (including phenoxy) is 1. The number of aromatic nitrogens is 4. The van der Waals surface area contributed by atoms with Crippen LogP contribution in [0, 0.1) is 5.82 Å². The molecule has 21 heavy (non-hydrogen) atoms. The first-order valence-electron chi connectivity index (χ1n) is 6.20. The van der Waals surface area contributed by atoms with Gasteiger partial charge in [0.2, 0.25) is 5.95 Å². The largest absolute Gasteiger partial charge is 0.494 e. The van der Waals surface area contributed by atoms with Gasteiger partial charge in [0.05, 0.1) is 18.7 Å². The second-order valence-corrected chi connectivity index (χ2v) is 4.25. The molecule has 3 aromatic rings. The summed E-state index contributed by atoms with van der Waals surface area (Å²) in [5.74, 6) is 0.701. The zero-order chi connectivity index (χ0) is 14.8. The molecule has 0 aliphatic carbocycles. The molecule has 1 aromatic carbocycles. The van der Waals surface area contributed by atoms with Crippen molar-refractivity contribution in [2.45, 2.75) is 0 Å². The van der Waals surface area contributed by atoms with E-state index in [1.54, 1.807) is 25.4 Å². The van der Waals surface area contributed by atoms with Gasteiger partial charge in [-0.3, -0.25) is 5.10 Å². The third kappa shape index (κ3) is 2.42. The summed E-state index contributed by atoms with van der Waals surface area (Å²) >= 11 is 0. The summed E-state index contributed by atoms with van der Waals surface area (Å²) in [5, 5.41) is 13.3. The first-order chi connectivity index (χ1) is 10.2. The van der Waals surface area contributed by atoms with E-state index in [9.17, 15) is 4.39 Å². The van der Waals surface area contributed by atoms with E-state index in [4.69, 9.17) is 4.74 Å². The van der Waals surface area contributed by atoms with Crippen LogP contribution in [0.4, 0.5) is 21.8 Å². The normalized spacial score (nSPS) is 10.6. The third-order valence-corrected chi connectivity index (χ3v) is 2.95. The van der Waals surface area contributed by atoms with Crippen molar-refractivity contribution in [3.05, 3.63) is 30.2 Å². The standard InChI is InChI=1S/C13H13FN6O/c1-15-13-18-11(8-6-16-20-12(8)19-13)17-7-3-4-10(21-2)9(14)5-7/h3-6H,1-2H3,(H3,15,16,17,18,19,20). The van der Waals surface area contributed by atoms with Crippen molar-refractivity contribution >= 4 is 28.5 Å². The zero-order valence-electron chi connectivity index (χ0n) is 11.4. The van der Waals surface area contributed by atoms with Gasteiger partial charge in [-0.15, -0.1) is 0 Å². The van der Waals surface area contributed by atoms with Gasteiger partial charge in [-0.05, 0) is 12.1 Å². The molecule has 0 fully saturated rings. The third-order valence-electron chi connectivity index (χ3n) is 2.95. The summed E-state index contributed by atoms with van der Waals surface area (Å²) in [4.78, 5) is 8.54. The minimum absolute atomic E-state index is 0.188. The van der Waals surface area contributed by atoms with Crippen LogP contribution in [-0.2, 0) is 0 Å². The molecule has 8 heteroatoms. The Morgan fingerprint density at radius 3 is 2.86 bits per heavy atom. The van der Waals surface area contributed by atoms with Crippen molar-refractivity contribution < 1.29 is 9.13 Å². The summed E-state index contributed by atoms with van der Waals surface area (Å²) in [7, 11) is 3.14. The van der Waals surface area contributed by atoms with Gasteiger partial charge in [-0.25, -0.2) is 4.39 Å². The average Bonchev–Trinajstić information content (AvgIpc) is 2.96. The lowest BCUT2D eigenvalue weighted by Gasteiger charge is -2.09. The Hall–Kier alpha value is -2.90. The van der Waals surface area contributed by atoms with E-state index in [1.807, 2.05) is 0 Å². The second kappa shape index (κ2) is 5.23. The Bertz CT molecular complexity index is 787. The molecule has 2 heterocycles. The van der Waals surface area contributed by atoms with Crippen LogP contribution in [0.3, 0.4) is 0 Å². The highest BCUT2D eigenvalue weighted by Gasteiger charge is 2.10. The topological polar surface area (TPSA) is 87.8 Å². The van der Waals surface area contributed by atoms with Gasteiger partial charge < -0.3 is 15.4 Å². The van der Waals surface area contributed by atoms with E-state index < -0.39 is 5.82 Å². The maximum Gasteiger partial charge on any atom is 0.226 e. The van der Waals surface area contributed by atoms with Crippen molar-refractivity contribution in [2.75, 3.05) is 24.8 Å². The van der Waals surface area contributed by atoms with Crippen molar-refractivity contribution in [2.24, 2.45) is 0 Å². The van der Waals surface area contributed by atoms with E-state index in [0.29, 0.717) is 28.5 Å². The number of aromatic amines is 1. The Labute approximate surface area is 119 Å². The Morgan fingerprint density at radius 2 is 2.14 bits per heavy atom. The predicted octanol–water partition coefficient (Wildman–Crippen LogP) is 2.29. The number of methoxy groups -OCH3 is 1. The first kappa shape index (κ1) is 13.1. The molecule has 0 atom stereocenters. The highest BCUT2D eigenvalue weighted by molar-refractivity contribution is 5.89. The van der Waals surface area contributed by atoms with Crippen LogP contribution in [0.1, 0.15) is 0 Å². The molecule has 108 valence electrons. The second-order valence-electron chi connectivity index (χ2n) is 4.25. The van der Waals surface area contributed by atoms with Crippen LogP contribution in [0.25, 0.3) is 11.0 Å². The predicted molar refractivity (Wildman–Crippen MR) is 77.5 cm³/mol. The van der Waals surface area contributed by atoms with Crippen molar-refractivity contribution in [1.29, 1.82) is 0 Å².